The lowest BCUT2D eigenvalue weighted by Gasteiger charge is -2.35. The van der Waals surface area contributed by atoms with Crippen molar-refractivity contribution in [3.63, 3.8) is 0 Å². The highest BCUT2D eigenvalue weighted by atomic mass is 16.6. The zero-order valence-electron chi connectivity index (χ0n) is 11.7. The molecule has 1 atom stereocenters. The van der Waals surface area contributed by atoms with Gasteiger partial charge in [0.05, 0.1) is 20.6 Å². The first-order valence-electron chi connectivity index (χ1n) is 6.20. The van der Waals surface area contributed by atoms with E-state index in [1.54, 1.807) is 6.92 Å². The molecule has 0 saturated carbocycles. The molecule has 17 heavy (non-hydrogen) atoms. The van der Waals surface area contributed by atoms with Gasteiger partial charge in [0.1, 0.15) is 0 Å². The lowest BCUT2D eigenvalue weighted by Crippen LogP contribution is -2.50. The molecule has 2 N–H and O–H groups in total. The number of hydrogen-bond acceptors (Lipinski definition) is 3. The van der Waals surface area contributed by atoms with Crippen molar-refractivity contribution in [1.29, 1.82) is 0 Å². The van der Waals surface area contributed by atoms with Gasteiger partial charge in [0, 0.05) is 12.5 Å². The number of esters is 1. The van der Waals surface area contributed by atoms with E-state index in [0.29, 0.717) is 10.1 Å². The summed E-state index contributed by atoms with van der Waals surface area (Å²) in [6, 6.07) is 0. The number of hydrogen-bond donors (Lipinski definition) is 1. The second-order valence-electron chi connectivity index (χ2n) is 5.14. The Morgan fingerprint density at radius 1 is 1.35 bits per heavy atom. The Kier molecular flexibility index (Phi) is 7.07. The fraction of sp³-hybridized carbons (Fsp3) is 0.769. The molecular formula is C13H27N2O2+. The van der Waals surface area contributed by atoms with Gasteiger partial charge in [-0.15, -0.1) is 0 Å². The largest absolute Gasteiger partial charge is 0.409 e. The number of rotatable bonds is 8. The molecule has 0 rings (SSSR count). The van der Waals surface area contributed by atoms with E-state index in [0.717, 1.165) is 32.4 Å². The monoisotopic (exact) mass is 243 g/mol. The third kappa shape index (κ3) is 6.44. The van der Waals surface area contributed by atoms with Crippen LogP contribution < -0.4 is 5.73 Å². The van der Waals surface area contributed by atoms with E-state index in [1.807, 2.05) is 6.92 Å². The van der Waals surface area contributed by atoms with E-state index in [9.17, 15) is 4.79 Å². The van der Waals surface area contributed by atoms with E-state index < -0.39 is 0 Å². The number of nitrogens with two attached hydrogens (primary N) is 1. The van der Waals surface area contributed by atoms with E-state index in [2.05, 4.69) is 20.7 Å². The zero-order valence-corrected chi connectivity index (χ0v) is 11.7. The molecule has 1 unspecified atom stereocenters. The van der Waals surface area contributed by atoms with Crippen molar-refractivity contribution in [2.24, 2.45) is 5.73 Å². The van der Waals surface area contributed by atoms with Gasteiger partial charge < -0.3 is 10.5 Å². The van der Waals surface area contributed by atoms with Crippen molar-refractivity contribution in [3.05, 3.63) is 12.2 Å². The van der Waals surface area contributed by atoms with Gasteiger partial charge in [0.15, 0.2) is 0 Å². The minimum Gasteiger partial charge on any atom is -0.409 e. The van der Waals surface area contributed by atoms with Crippen LogP contribution in [-0.2, 0) is 9.53 Å². The van der Waals surface area contributed by atoms with Gasteiger partial charge in [-0.05, 0) is 32.7 Å². The SMILES string of the molecule is C=C(C)C(=O)OC(C)[N+](C)(C)CCCCCN. The zero-order chi connectivity index (χ0) is 13.5. The molecule has 0 aliphatic carbocycles. The van der Waals surface area contributed by atoms with Crippen LogP contribution in [0.1, 0.15) is 33.1 Å². The Morgan fingerprint density at radius 3 is 2.41 bits per heavy atom. The molecule has 4 nitrogen and oxygen atoms in total. The molecule has 0 aliphatic heterocycles. The Balaban J connectivity index is 4.10. The van der Waals surface area contributed by atoms with Gasteiger partial charge >= 0.3 is 5.97 Å². The van der Waals surface area contributed by atoms with Gasteiger partial charge in [-0.2, -0.15) is 0 Å². The van der Waals surface area contributed by atoms with E-state index in [-0.39, 0.29) is 12.2 Å². The van der Waals surface area contributed by atoms with Crippen LogP contribution in [0.5, 0.6) is 0 Å². The summed E-state index contributed by atoms with van der Waals surface area (Å²) >= 11 is 0. The minimum absolute atomic E-state index is 0.155. The number of unbranched alkanes of at least 4 members (excludes halogenated alkanes) is 2. The van der Waals surface area contributed by atoms with Crippen molar-refractivity contribution in [2.45, 2.75) is 39.3 Å². The fourth-order valence-corrected chi connectivity index (χ4v) is 1.42. The predicted molar refractivity (Wildman–Crippen MR) is 70.2 cm³/mol. The van der Waals surface area contributed by atoms with Crippen LogP contribution in [-0.4, -0.2) is 43.9 Å². The summed E-state index contributed by atoms with van der Waals surface area (Å²) in [5.41, 5.74) is 5.90. The highest BCUT2D eigenvalue weighted by Crippen LogP contribution is 2.12. The average Bonchev–Trinajstić information content (AvgIpc) is 2.24. The summed E-state index contributed by atoms with van der Waals surface area (Å²) in [4.78, 5) is 11.4. The third-order valence-electron chi connectivity index (χ3n) is 3.05. The summed E-state index contributed by atoms with van der Waals surface area (Å²) in [7, 11) is 4.14. The second-order valence-corrected chi connectivity index (χ2v) is 5.14. The molecule has 4 heteroatoms. The number of carbonyl (C=O) groups is 1. The number of ether oxygens (including phenoxy) is 1. The second kappa shape index (κ2) is 7.45. The molecule has 0 spiro atoms. The molecule has 0 radical (unpaired) electrons. The predicted octanol–water partition coefficient (Wildman–Crippen LogP) is 1.66. The van der Waals surface area contributed by atoms with Crippen molar-refractivity contribution in [3.8, 4) is 0 Å². The quantitative estimate of drug-likeness (QED) is 0.232. The van der Waals surface area contributed by atoms with Crippen LogP contribution in [0.3, 0.4) is 0 Å². The topological polar surface area (TPSA) is 52.3 Å². The maximum atomic E-state index is 11.4. The van der Waals surface area contributed by atoms with Gasteiger partial charge in [0.25, 0.3) is 0 Å². The van der Waals surface area contributed by atoms with Crippen molar-refractivity contribution < 1.29 is 14.0 Å². The molecule has 100 valence electrons. The molecule has 0 saturated heterocycles. The van der Waals surface area contributed by atoms with Crippen LogP contribution in [0.15, 0.2) is 12.2 Å². The molecule has 0 heterocycles. The first kappa shape index (κ1) is 16.1. The molecule has 0 aromatic carbocycles. The highest BCUT2D eigenvalue weighted by Gasteiger charge is 2.26. The van der Waals surface area contributed by atoms with Gasteiger partial charge in [0.2, 0.25) is 6.23 Å². The van der Waals surface area contributed by atoms with E-state index in [1.165, 1.54) is 0 Å². The standard InChI is InChI=1S/C13H27N2O2/c1-11(2)13(16)17-12(3)15(4,5)10-8-6-7-9-14/h12H,1,6-10,14H2,2-5H3/q+1. The third-order valence-corrected chi connectivity index (χ3v) is 3.05. The molecule has 0 aromatic heterocycles. The molecular weight excluding hydrogens is 216 g/mol. The Bertz CT molecular complexity index is 262. The fourth-order valence-electron chi connectivity index (χ4n) is 1.42. The van der Waals surface area contributed by atoms with Gasteiger partial charge in [-0.1, -0.05) is 6.58 Å². The summed E-state index contributed by atoms with van der Waals surface area (Å²) < 4.78 is 6.01. The highest BCUT2D eigenvalue weighted by molar-refractivity contribution is 5.86. The normalized spacial score (nSPS) is 13.2. The summed E-state index contributed by atoms with van der Waals surface area (Å²) in [6.45, 7) is 8.89. The van der Waals surface area contributed by atoms with Crippen LogP contribution >= 0.6 is 0 Å². The van der Waals surface area contributed by atoms with E-state index in [4.69, 9.17) is 10.5 Å². The van der Waals surface area contributed by atoms with E-state index >= 15 is 0 Å². The molecule has 0 fully saturated rings. The molecule has 0 amide bonds. The Hall–Kier alpha value is -0.870. The van der Waals surface area contributed by atoms with Gasteiger partial charge in [-0.3, -0.25) is 4.48 Å². The lowest BCUT2D eigenvalue weighted by molar-refractivity contribution is -0.932. The first-order chi connectivity index (χ1) is 7.81. The van der Waals surface area contributed by atoms with Crippen molar-refractivity contribution in [2.75, 3.05) is 27.2 Å². The average molecular weight is 243 g/mol. The number of carbonyl (C=O) groups excluding carboxylic acids is 1. The number of quaternary nitrogens is 1. The van der Waals surface area contributed by atoms with Crippen LogP contribution in [0.2, 0.25) is 0 Å². The van der Waals surface area contributed by atoms with Crippen molar-refractivity contribution >= 4 is 5.97 Å². The van der Waals surface area contributed by atoms with Crippen LogP contribution in [0, 0.1) is 0 Å². The summed E-state index contributed by atoms with van der Waals surface area (Å²) in [5, 5.41) is 0. The van der Waals surface area contributed by atoms with Crippen LogP contribution in [0.25, 0.3) is 0 Å². The molecule has 0 aliphatic rings. The maximum Gasteiger partial charge on any atom is 0.337 e. The van der Waals surface area contributed by atoms with Crippen LogP contribution in [0.4, 0.5) is 0 Å². The first-order valence-corrected chi connectivity index (χ1v) is 6.20. The lowest BCUT2D eigenvalue weighted by atomic mass is 10.2. The number of nitrogens with zero attached hydrogens (tertiary/aromatic N) is 1. The minimum atomic E-state index is -0.314. The molecule has 0 bridgehead atoms. The van der Waals surface area contributed by atoms with Crippen molar-refractivity contribution in [1.82, 2.24) is 0 Å². The molecule has 0 aromatic rings. The Labute approximate surface area is 105 Å². The summed E-state index contributed by atoms with van der Waals surface area (Å²) in [6.07, 6.45) is 3.12. The maximum absolute atomic E-state index is 11.4. The smallest absolute Gasteiger partial charge is 0.337 e. The summed E-state index contributed by atoms with van der Waals surface area (Å²) in [5.74, 6) is -0.314. The van der Waals surface area contributed by atoms with Gasteiger partial charge in [-0.25, -0.2) is 4.79 Å². The Morgan fingerprint density at radius 2 is 1.94 bits per heavy atom.